The molecule has 23 heavy (non-hydrogen) atoms. The van der Waals surface area contributed by atoms with E-state index in [0.717, 1.165) is 30.9 Å². The van der Waals surface area contributed by atoms with E-state index >= 15 is 0 Å². The van der Waals surface area contributed by atoms with Crippen LogP contribution in [-0.4, -0.2) is 31.5 Å². The van der Waals surface area contributed by atoms with Crippen LogP contribution in [0.4, 0.5) is 0 Å². The van der Waals surface area contributed by atoms with Crippen molar-refractivity contribution in [2.24, 2.45) is 4.99 Å². The number of aliphatic imine (C=N–C) groups is 1. The van der Waals surface area contributed by atoms with Gasteiger partial charge in [-0.05, 0) is 38.0 Å². The molecule has 0 aliphatic carbocycles. The van der Waals surface area contributed by atoms with Gasteiger partial charge >= 0.3 is 0 Å². The summed E-state index contributed by atoms with van der Waals surface area (Å²) in [6.45, 7) is 7.65. The van der Waals surface area contributed by atoms with E-state index in [1.807, 2.05) is 24.3 Å². The highest BCUT2D eigenvalue weighted by molar-refractivity contribution is 14.0. The van der Waals surface area contributed by atoms with Gasteiger partial charge in [-0.2, -0.15) is 0 Å². The smallest absolute Gasteiger partial charge is 0.251 e. The van der Waals surface area contributed by atoms with Crippen molar-refractivity contribution >= 4 is 35.8 Å². The van der Waals surface area contributed by atoms with Crippen LogP contribution in [0.3, 0.4) is 0 Å². The second kappa shape index (κ2) is 12.2. The molecule has 1 amide bonds. The lowest BCUT2D eigenvalue weighted by atomic mass is 10.1. The molecular formula is C17H29IN4O. The third-order valence-electron chi connectivity index (χ3n) is 3.14. The molecule has 0 atom stereocenters. The lowest BCUT2D eigenvalue weighted by molar-refractivity contribution is 0.0953. The molecule has 0 heterocycles. The molecule has 1 aromatic carbocycles. The van der Waals surface area contributed by atoms with E-state index in [0.29, 0.717) is 18.2 Å². The van der Waals surface area contributed by atoms with Gasteiger partial charge in [0.15, 0.2) is 5.96 Å². The van der Waals surface area contributed by atoms with Gasteiger partial charge in [0, 0.05) is 31.7 Å². The van der Waals surface area contributed by atoms with Crippen LogP contribution >= 0.6 is 24.0 Å². The molecule has 0 aromatic heterocycles. The zero-order chi connectivity index (χ0) is 16.4. The summed E-state index contributed by atoms with van der Waals surface area (Å²) >= 11 is 0. The summed E-state index contributed by atoms with van der Waals surface area (Å²) in [5, 5.41) is 9.40. The fourth-order valence-corrected chi connectivity index (χ4v) is 1.91. The van der Waals surface area contributed by atoms with E-state index in [4.69, 9.17) is 0 Å². The van der Waals surface area contributed by atoms with Crippen molar-refractivity contribution in [3.05, 3.63) is 35.4 Å². The van der Waals surface area contributed by atoms with E-state index in [2.05, 4.69) is 41.7 Å². The van der Waals surface area contributed by atoms with Crippen LogP contribution in [0.1, 0.15) is 49.5 Å². The van der Waals surface area contributed by atoms with Crippen molar-refractivity contribution in [2.45, 2.75) is 46.2 Å². The van der Waals surface area contributed by atoms with Gasteiger partial charge in [-0.3, -0.25) is 9.79 Å². The molecule has 0 aliphatic rings. The summed E-state index contributed by atoms with van der Waals surface area (Å²) in [7, 11) is 1.75. The summed E-state index contributed by atoms with van der Waals surface area (Å²) < 4.78 is 0. The Bertz CT molecular complexity index is 486. The fraction of sp³-hybridized carbons (Fsp3) is 0.529. The molecule has 0 fully saturated rings. The van der Waals surface area contributed by atoms with Crippen LogP contribution in [0.15, 0.2) is 29.3 Å². The van der Waals surface area contributed by atoms with Crippen LogP contribution in [-0.2, 0) is 6.54 Å². The van der Waals surface area contributed by atoms with Gasteiger partial charge in [0.1, 0.15) is 0 Å². The zero-order valence-corrected chi connectivity index (χ0v) is 16.8. The topological polar surface area (TPSA) is 65.5 Å². The normalized spacial score (nSPS) is 10.9. The van der Waals surface area contributed by atoms with Gasteiger partial charge in [0.2, 0.25) is 0 Å². The lowest BCUT2D eigenvalue weighted by Crippen LogP contribution is -2.40. The molecule has 1 rings (SSSR count). The Kier molecular flexibility index (Phi) is 11.5. The third kappa shape index (κ3) is 8.78. The molecule has 0 spiro atoms. The molecule has 130 valence electrons. The average Bonchev–Trinajstić information content (AvgIpc) is 2.51. The van der Waals surface area contributed by atoms with Crippen LogP contribution in [0.5, 0.6) is 0 Å². The second-order valence-corrected chi connectivity index (χ2v) is 5.53. The Balaban J connectivity index is 0.00000484. The van der Waals surface area contributed by atoms with Gasteiger partial charge in [-0.25, -0.2) is 0 Å². The number of unbranched alkanes of at least 4 members (excludes halogenated alkanes) is 1. The third-order valence-corrected chi connectivity index (χ3v) is 3.14. The minimum Gasteiger partial charge on any atom is -0.354 e. The summed E-state index contributed by atoms with van der Waals surface area (Å²) in [5.74, 6) is 0.765. The summed E-state index contributed by atoms with van der Waals surface area (Å²) in [4.78, 5) is 16.1. The van der Waals surface area contributed by atoms with Crippen molar-refractivity contribution < 1.29 is 4.79 Å². The first-order valence-corrected chi connectivity index (χ1v) is 7.91. The second-order valence-electron chi connectivity index (χ2n) is 5.53. The molecule has 0 aliphatic heterocycles. The minimum absolute atomic E-state index is 0. The van der Waals surface area contributed by atoms with Gasteiger partial charge in [0.05, 0.1) is 0 Å². The molecule has 0 bridgehead atoms. The number of nitrogens with zero attached hydrogens (tertiary/aromatic N) is 1. The Morgan fingerprint density at radius 3 is 2.35 bits per heavy atom. The average molecular weight is 432 g/mol. The van der Waals surface area contributed by atoms with E-state index in [1.54, 1.807) is 7.05 Å². The van der Waals surface area contributed by atoms with Crippen molar-refractivity contribution in [1.82, 2.24) is 16.0 Å². The zero-order valence-electron chi connectivity index (χ0n) is 14.5. The number of amides is 1. The molecule has 0 radical (unpaired) electrons. The van der Waals surface area contributed by atoms with E-state index in [-0.39, 0.29) is 29.9 Å². The van der Waals surface area contributed by atoms with E-state index < -0.39 is 0 Å². The van der Waals surface area contributed by atoms with Crippen molar-refractivity contribution in [3.63, 3.8) is 0 Å². The van der Waals surface area contributed by atoms with Gasteiger partial charge < -0.3 is 16.0 Å². The molecule has 0 saturated carbocycles. The maximum Gasteiger partial charge on any atom is 0.251 e. The number of nitrogens with one attached hydrogen (secondary N) is 3. The number of hydrogen-bond donors (Lipinski definition) is 3. The summed E-state index contributed by atoms with van der Waals surface area (Å²) in [6.07, 6.45) is 2.09. The Morgan fingerprint density at radius 1 is 1.17 bits per heavy atom. The quantitative estimate of drug-likeness (QED) is 0.269. The number of rotatable bonds is 7. The van der Waals surface area contributed by atoms with Crippen LogP contribution < -0.4 is 16.0 Å². The maximum absolute atomic E-state index is 11.9. The number of benzene rings is 1. The van der Waals surface area contributed by atoms with Crippen molar-refractivity contribution in [3.8, 4) is 0 Å². The molecule has 1 aromatic rings. The number of carbonyl (C=O) groups is 1. The highest BCUT2D eigenvalue weighted by Gasteiger charge is 2.05. The molecule has 6 heteroatoms. The summed E-state index contributed by atoms with van der Waals surface area (Å²) in [5.41, 5.74) is 1.81. The van der Waals surface area contributed by atoms with Gasteiger partial charge in [0.25, 0.3) is 5.91 Å². The van der Waals surface area contributed by atoms with Gasteiger partial charge in [-0.1, -0.05) is 25.5 Å². The largest absolute Gasteiger partial charge is 0.354 e. The first-order chi connectivity index (χ1) is 10.6. The standard InChI is InChI=1S/C17H28N4O.HI/c1-5-6-11-19-16(22)15-9-7-14(8-10-15)12-20-17(18-4)21-13(2)3;/h7-10,13H,5-6,11-12H2,1-4H3,(H,19,22)(H2,18,20,21);1H. The maximum atomic E-state index is 11.9. The SMILES string of the molecule is CCCCNC(=O)c1ccc(CNC(=NC)NC(C)C)cc1.I. The van der Waals surface area contributed by atoms with Gasteiger partial charge in [-0.15, -0.1) is 24.0 Å². The number of guanidine groups is 1. The predicted octanol–water partition coefficient (Wildman–Crippen LogP) is 2.91. The monoisotopic (exact) mass is 432 g/mol. The van der Waals surface area contributed by atoms with Crippen molar-refractivity contribution in [1.29, 1.82) is 0 Å². The first kappa shape index (κ1) is 21.7. The molecule has 0 saturated heterocycles. The van der Waals surface area contributed by atoms with Crippen LogP contribution in [0.2, 0.25) is 0 Å². The Hall–Kier alpha value is -1.31. The van der Waals surface area contributed by atoms with Crippen molar-refractivity contribution in [2.75, 3.05) is 13.6 Å². The lowest BCUT2D eigenvalue weighted by Gasteiger charge is -2.14. The molecule has 3 N–H and O–H groups in total. The number of hydrogen-bond acceptors (Lipinski definition) is 2. The number of carbonyl (C=O) groups excluding carboxylic acids is 1. The van der Waals surface area contributed by atoms with Crippen LogP contribution in [0.25, 0.3) is 0 Å². The van der Waals surface area contributed by atoms with Crippen LogP contribution in [0, 0.1) is 0 Å². The van der Waals surface area contributed by atoms with E-state index in [1.165, 1.54) is 0 Å². The highest BCUT2D eigenvalue weighted by atomic mass is 127. The first-order valence-electron chi connectivity index (χ1n) is 7.91. The predicted molar refractivity (Wildman–Crippen MR) is 108 cm³/mol. The molecule has 5 nitrogen and oxygen atoms in total. The Morgan fingerprint density at radius 2 is 1.83 bits per heavy atom. The highest BCUT2D eigenvalue weighted by Crippen LogP contribution is 2.04. The Labute approximate surface area is 156 Å². The fourth-order valence-electron chi connectivity index (χ4n) is 1.91. The summed E-state index contributed by atoms with van der Waals surface area (Å²) in [6, 6.07) is 7.98. The van der Waals surface area contributed by atoms with E-state index in [9.17, 15) is 4.79 Å². The number of halogens is 1. The molecular weight excluding hydrogens is 403 g/mol. The molecule has 0 unspecified atom stereocenters. The minimum atomic E-state index is -0.00903.